The van der Waals surface area contributed by atoms with E-state index in [0.717, 1.165) is 23.9 Å². The zero-order chi connectivity index (χ0) is 18.8. The van der Waals surface area contributed by atoms with Gasteiger partial charge in [-0.25, -0.2) is 0 Å². The summed E-state index contributed by atoms with van der Waals surface area (Å²) in [6, 6.07) is 8.20. The maximum absolute atomic E-state index is 12.7. The lowest BCUT2D eigenvalue weighted by atomic mass is 9.56. The number of hydrogen-bond donors (Lipinski definition) is 0. The fraction of sp³-hybridized carbons (Fsp3) is 0.667. The van der Waals surface area contributed by atoms with Gasteiger partial charge in [0.25, 0.3) is 0 Å². The van der Waals surface area contributed by atoms with E-state index >= 15 is 0 Å². The summed E-state index contributed by atoms with van der Waals surface area (Å²) >= 11 is 0. The third kappa shape index (κ3) is 2.63. The lowest BCUT2D eigenvalue weighted by Gasteiger charge is -2.46. The van der Waals surface area contributed by atoms with Crippen molar-refractivity contribution in [3.05, 3.63) is 29.8 Å². The van der Waals surface area contributed by atoms with Gasteiger partial charge >= 0.3 is 13.1 Å². The van der Waals surface area contributed by atoms with Crippen LogP contribution >= 0.6 is 0 Å². The second kappa shape index (κ2) is 5.59. The Balaban J connectivity index is 1.56. The van der Waals surface area contributed by atoms with Crippen LogP contribution in [0.25, 0.3) is 0 Å². The van der Waals surface area contributed by atoms with E-state index in [1.807, 2.05) is 19.1 Å². The number of carbonyl (C=O) groups excluding carboxylic acids is 1. The molecule has 2 saturated carbocycles. The van der Waals surface area contributed by atoms with Gasteiger partial charge in [-0.3, -0.25) is 4.79 Å². The van der Waals surface area contributed by atoms with E-state index in [2.05, 4.69) is 39.8 Å². The van der Waals surface area contributed by atoms with Crippen LogP contribution in [0.2, 0.25) is 0 Å². The first-order valence-electron chi connectivity index (χ1n) is 9.77. The Labute approximate surface area is 156 Å². The molecule has 1 aromatic carbocycles. The van der Waals surface area contributed by atoms with E-state index in [4.69, 9.17) is 14.0 Å². The van der Waals surface area contributed by atoms with Gasteiger partial charge in [-0.1, -0.05) is 24.3 Å². The molecule has 3 aliphatic rings. The second-order valence-electron chi connectivity index (χ2n) is 9.37. The van der Waals surface area contributed by atoms with Crippen LogP contribution in [0.5, 0.6) is 0 Å². The molecule has 4 rings (SSSR count). The number of ether oxygens (including phenoxy) is 1. The standard InChI is InChI=1S/C21H29BO4/c1-6-24-17(23)21(13-20(14-21)11-12-20)15-7-9-16(10-8-15)22-25-18(2,3)19(4,5)26-22/h7-10H,6,11-14H2,1-5H3. The summed E-state index contributed by atoms with van der Waals surface area (Å²) in [6.07, 6.45) is 4.35. The molecule has 1 spiro atoms. The van der Waals surface area contributed by atoms with Crippen LogP contribution in [-0.4, -0.2) is 30.9 Å². The fourth-order valence-electron chi connectivity index (χ4n) is 4.43. The Morgan fingerprint density at radius 3 is 2.04 bits per heavy atom. The van der Waals surface area contributed by atoms with Crippen molar-refractivity contribution in [2.45, 2.75) is 76.9 Å². The van der Waals surface area contributed by atoms with Crippen molar-refractivity contribution in [2.75, 3.05) is 6.61 Å². The molecule has 3 fully saturated rings. The van der Waals surface area contributed by atoms with Crippen molar-refractivity contribution in [2.24, 2.45) is 5.41 Å². The molecule has 5 heteroatoms. The summed E-state index contributed by atoms with van der Waals surface area (Å²) in [6.45, 7) is 10.5. The van der Waals surface area contributed by atoms with E-state index in [1.165, 1.54) is 12.8 Å². The quantitative estimate of drug-likeness (QED) is 0.613. The molecule has 26 heavy (non-hydrogen) atoms. The monoisotopic (exact) mass is 356 g/mol. The lowest BCUT2D eigenvalue weighted by Crippen LogP contribution is -2.50. The molecule has 0 bridgehead atoms. The molecule has 1 saturated heterocycles. The van der Waals surface area contributed by atoms with Gasteiger partial charge < -0.3 is 14.0 Å². The third-order valence-corrected chi connectivity index (χ3v) is 6.97. The molecule has 0 aromatic heterocycles. The van der Waals surface area contributed by atoms with Crippen LogP contribution in [0, 0.1) is 5.41 Å². The summed E-state index contributed by atoms with van der Waals surface area (Å²) < 4.78 is 17.7. The number of esters is 1. The molecule has 1 aromatic rings. The highest BCUT2D eigenvalue weighted by molar-refractivity contribution is 6.62. The molecule has 0 atom stereocenters. The number of benzene rings is 1. The second-order valence-corrected chi connectivity index (χ2v) is 9.37. The van der Waals surface area contributed by atoms with Gasteiger partial charge in [0.15, 0.2) is 0 Å². The first-order valence-corrected chi connectivity index (χ1v) is 9.77. The fourth-order valence-corrected chi connectivity index (χ4v) is 4.43. The van der Waals surface area contributed by atoms with Crippen molar-refractivity contribution in [3.8, 4) is 0 Å². The summed E-state index contributed by atoms with van der Waals surface area (Å²) in [5.41, 5.74) is 1.31. The van der Waals surface area contributed by atoms with Gasteiger partial charge in [-0.2, -0.15) is 0 Å². The van der Waals surface area contributed by atoms with Crippen LogP contribution in [0.15, 0.2) is 24.3 Å². The minimum absolute atomic E-state index is 0.0686. The minimum atomic E-state index is -0.457. The lowest BCUT2D eigenvalue weighted by molar-refractivity contribution is -0.157. The highest BCUT2D eigenvalue weighted by atomic mass is 16.7. The average Bonchev–Trinajstić information content (AvgIpc) is 3.28. The Morgan fingerprint density at radius 2 is 1.58 bits per heavy atom. The summed E-state index contributed by atoms with van der Waals surface area (Å²) in [4.78, 5) is 12.7. The van der Waals surface area contributed by atoms with Gasteiger partial charge in [0.1, 0.15) is 0 Å². The summed E-state index contributed by atoms with van der Waals surface area (Å²) in [5, 5.41) is 0. The van der Waals surface area contributed by atoms with E-state index in [1.54, 1.807) is 0 Å². The van der Waals surface area contributed by atoms with Crippen LogP contribution < -0.4 is 5.46 Å². The molecule has 0 radical (unpaired) electrons. The summed E-state index contributed by atoms with van der Waals surface area (Å²) in [5.74, 6) is -0.0686. The van der Waals surface area contributed by atoms with Gasteiger partial charge in [-0.15, -0.1) is 0 Å². The topological polar surface area (TPSA) is 44.8 Å². The van der Waals surface area contributed by atoms with E-state index in [0.29, 0.717) is 12.0 Å². The predicted octanol–water partition coefficient (Wildman–Crippen LogP) is 3.36. The van der Waals surface area contributed by atoms with Crippen molar-refractivity contribution in [1.29, 1.82) is 0 Å². The molecule has 1 heterocycles. The number of hydrogen-bond acceptors (Lipinski definition) is 4. The molecule has 0 N–H and O–H groups in total. The first-order chi connectivity index (χ1) is 12.1. The molecule has 0 unspecified atom stereocenters. The Kier molecular flexibility index (Phi) is 3.88. The smallest absolute Gasteiger partial charge is 0.465 e. The number of carbonyl (C=O) groups is 1. The highest BCUT2D eigenvalue weighted by Crippen LogP contribution is 2.69. The van der Waals surface area contributed by atoms with Crippen molar-refractivity contribution in [3.63, 3.8) is 0 Å². The van der Waals surface area contributed by atoms with Crippen molar-refractivity contribution < 1.29 is 18.8 Å². The average molecular weight is 356 g/mol. The van der Waals surface area contributed by atoms with Crippen LogP contribution in [0.3, 0.4) is 0 Å². The molecule has 1 aliphatic heterocycles. The van der Waals surface area contributed by atoms with Crippen LogP contribution in [0.1, 0.15) is 65.9 Å². The van der Waals surface area contributed by atoms with Crippen LogP contribution in [0.4, 0.5) is 0 Å². The molecule has 0 amide bonds. The van der Waals surface area contributed by atoms with Crippen LogP contribution in [-0.2, 0) is 24.3 Å². The normalized spacial score (nSPS) is 26.4. The van der Waals surface area contributed by atoms with E-state index in [9.17, 15) is 4.79 Å². The Bertz CT molecular complexity index is 694. The first kappa shape index (κ1) is 18.1. The predicted molar refractivity (Wildman–Crippen MR) is 101 cm³/mol. The van der Waals surface area contributed by atoms with E-state index in [-0.39, 0.29) is 24.3 Å². The minimum Gasteiger partial charge on any atom is -0.465 e. The van der Waals surface area contributed by atoms with E-state index < -0.39 is 5.41 Å². The molecule has 4 nitrogen and oxygen atoms in total. The van der Waals surface area contributed by atoms with Crippen molar-refractivity contribution in [1.82, 2.24) is 0 Å². The summed E-state index contributed by atoms with van der Waals surface area (Å²) in [7, 11) is -0.372. The SMILES string of the molecule is CCOC(=O)C1(c2ccc(B3OC(C)(C)C(C)(C)O3)cc2)CC2(CC2)C1. The molecular formula is C21H29BO4. The largest absolute Gasteiger partial charge is 0.494 e. The molecule has 2 aliphatic carbocycles. The zero-order valence-corrected chi connectivity index (χ0v) is 16.6. The zero-order valence-electron chi connectivity index (χ0n) is 16.6. The van der Waals surface area contributed by atoms with Crippen molar-refractivity contribution >= 4 is 18.6 Å². The Morgan fingerprint density at radius 1 is 1.04 bits per heavy atom. The third-order valence-electron chi connectivity index (χ3n) is 6.97. The molecular weight excluding hydrogens is 327 g/mol. The number of rotatable bonds is 4. The van der Waals surface area contributed by atoms with Gasteiger partial charge in [-0.05, 0) is 76.7 Å². The maximum Gasteiger partial charge on any atom is 0.494 e. The van der Waals surface area contributed by atoms with Gasteiger partial charge in [0, 0.05) is 0 Å². The Hall–Kier alpha value is -1.33. The van der Waals surface area contributed by atoms with Gasteiger partial charge in [0.05, 0.1) is 23.2 Å². The van der Waals surface area contributed by atoms with Gasteiger partial charge in [0.2, 0.25) is 0 Å². The highest BCUT2D eigenvalue weighted by Gasteiger charge is 2.65. The maximum atomic E-state index is 12.7. The molecule has 140 valence electrons.